The minimum atomic E-state index is -4.43. The van der Waals surface area contributed by atoms with E-state index in [-0.39, 0.29) is 13.2 Å². The molecule has 0 aliphatic heterocycles. The first-order valence-corrected chi connectivity index (χ1v) is 6.14. The molecular formula is C13H15F6NO. The summed E-state index contributed by atoms with van der Waals surface area (Å²) >= 11 is 0. The fourth-order valence-electron chi connectivity index (χ4n) is 1.64. The highest BCUT2D eigenvalue weighted by Crippen LogP contribution is 2.30. The van der Waals surface area contributed by atoms with Crippen molar-refractivity contribution >= 4 is 0 Å². The van der Waals surface area contributed by atoms with Crippen molar-refractivity contribution in [3.63, 3.8) is 0 Å². The van der Waals surface area contributed by atoms with Gasteiger partial charge < -0.3 is 10.1 Å². The molecule has 0 heterocycles. The molecule has 1 N–H and O–H groups in total. The van der Waals surface area contributed by atoms with Gasteiger partial charge in [-0.1, -0.05) is 12.1 Å². The second kappa shape index (κ2) is 7.13. The van der Waals surface area contributed by atoms with Gasteiger partial charge >= 0.3 is 12.4 Å². The monoisotopic (exact) mass is 315 g/mol. The molecule has 0 amide bonds. The van der Waals surface area contributed by atoms with Crippen molar-refractivity contribution in [1.82, 2.24) is 5.32 Å². The molecule has 21 heavy (non-hydrogen) atoms. The van der Waals surface area contributed by atoms with Gasteiger partial charge in [-0.05, 0) is 24.6 Å². The van der Waals surface area contributed by atoms with Gasteiger partial charge in [0.25, 0.3) is 0 Å². The van der Waals surface area contributed by atoms with Crippen molar-refractivity contribution in [3.05, 3.63) is 35.4 Å². The fraction of sp³-hybridized carbons (Fsp3) is 0.538. The van der Waals surface area contributed by atoms with Crippen LogP contribution in [0.4, 0.5) is 26.3 Å². The Labute approximate surface area is 118 Å². The van der Waals surface area contributed by atoms with Gasteiger partial charge in [0, 0.05) is 12.6 Å². The molecule has 0 aromatic heterocycles. The van der Waals surface area contributed by atoms with E-state index in [9.17, 15) is 26.3 Å². The molecule has 0 bridgehead atoms. The molecule has 0 saturated carbocycles. The molecule has 0 radical (unpaired) electrons. The van der Waals surface area contributed by atoms with E-state index in [4.69, 9.17) is 0 Å². The Morgan fingerprint density at radius 2 is 1.81 bits per heavy atom. The Kier molecular flexibility index (Phi) is 6.03. The summed E-state index contributed by atoms with van der Waals surface area (Å²) in [5.41, 5.74) is -0.359. The van der Waals surface area contributed by atoms with Gasteiger partial charge in [0.1, 0.15) is 6.61 Å². The SMILES string of the molecule is CC(NCCOCC(F)(F)F)c1cccc(C(F)(F)F)c1. The molecule has 8 heteroatoms. The van der Waals surface area contributed by atoms with Crippen molar-refractivity contribution in [3.8, 4) is 0 Å². The summed E-state index contributed by atoms with van der Waals surface area (Å²) < 4.78 is 77.5. The van der Waals surface area contributed by atoms with E-state index in [1.807, 2.05) is 0 Å². The number of hydrogen-bond donors (Lipinski definition) is 1. The predicted molar refractivity (Wildman–Crippen MR) is 64.7 cm³/mol. The zero-order chi connectivity index (χ0) is 16.1. The third kappa shape index (κ3) is 6.81. The maximum atomic E-state index is 12.5. The summed E-state index contributed by atoms with van der Waals surface area (Å²) in [4.78, 5) is 0. The van der Waals surface area contributed by atoms with E-state index in [0.717, 1.165) is 12.1 Å². The second-order valence-corrected chi connectivity index (χ2v) is 4.47. The van der Waals surface area contributed by atoms with E-state index >= 15 is 0 Å². The van der Waals surface area contributed by atoms with Crippen LogP contribution in [0.15, 0.2) is 24.3 Å². The molecule has 0 spiro atoms. The Morgan fingerprint density at radius 3 is 2.38 bits per heavy atom. The maximum Gasteiger partial charge on any atom is 0.416 e. The maximum absolute atomic E-state index is 12.5. The first kappa shape index (κ1) is 17.8. The molecule has 0 saturated heterocycles. The first-order valence-electron chi connectivity index (χ1n) is 6.14. The lowest BCUT2D eigenvalue weighted by Gasteiger charge is -2.16. The van der Waals surface area contributed by atoms with Crippen LogP contribution in [0.3, 0.4) is 0 Å². The topological polar surface area (TPSA) is 21.3 Å². The molecule has 1 aromatic carbocycles. The zero-order valence-corrected chi connectivity index (χ0v) is 11.2. The molecule has 2 nitrogen and oxygen atoms in total. The summed E-state index contributed by atoms with van der Waals surface area (Å²) in [6, 6.07) is 4.35. The van der Waals surface area contributed by atoms with Crippen LogP contribution in [0, 0.1) is 0 Å². The Morgan fingerprint density at radius 1 is 1.14 bits per heavy atom. The zero-order valence-electron chi connectivity index (χ0n) is 11.2. The smallest absolute Gasteiger partial charge is 0.371 e. The molecule has 0 aliphatic carbocycles. The summed E-state index contributed by atoms with van der Waals surface area (Å²) in [6.07, 6.45) is -8.81. The molecule has 0 aliphatic rings. The van der Waals surface area contributed by atoms with Gasteiger partial charge in [0.05, 0.1) is 12.2 Å². The molecular weight excluding hydrogens is 300 g/mol. The molecule has 0 fully saturated rings. The van der Waals surface area contributed by atoms with E-state index < -0.39 is 30.6 Å². The second-order valence-electron chi connectivity index (χ2n) is 4.47. The Bertz CT molecular complexity index is 443. The molecule has 1 aromatic rings. The van der Waals surface area contributed by atoms with Gasteiger partial charge in [-0.3, -0.25) is 0 Å². The lowest BCUT2D eigenvalue weighted by Crippen LogP contribution is -2.26. The number of ether oxygens (including phenoxy) is 1. The summed E-state index contributed by atoms with van der Waals surface area (Å²) in [7, 11) is 0. The van der Waals surface area contributed by atoms with Crippen LogP contribution < -0.4 is 5.32 Å². The predicted octanol–water partition coefficient (Wildman–Crippen LogP) is 3.93. The van der Waals surface area contributed by atoms with Crippen LogP contribution in [0.25, 0.3) is 0 Å². The fourth-order valence-corrected chi connectivity index (χ4v) is 1.64. The normalized spacial score (nSPS) is 14.2. The van der Waals surface area contributed by atoms with Crippen molar-refractivity contribution < 1.29 is 31.1 Å². The van der Waals surface area contributed by atoms with Gasteiger partial charge in [0.2, 0.25) is 0 Å². The third-order valence-electron chi connectivity index (χ3n) is 2.68. The Hall–Kier alpha value is -1.28. The number of hydrogen-bond acceptors (Lipinski definition) is 2. The summed E-state index contributed by atoms with van der Waals surface area (Å²) in [6.45, 7) is 0.210. The quantitative estimate of drug-likeness (QED) is 0.634. The van der Waals surface area contributed by atoms with Gasteiger partial charge in [0.15, 0.2) is 0 Å². The first-order chi connectivity index (χ1) is 9.59. The van der Waals surface area contributed by atoms with Crippen molar-refractivity contribution in [2.45, 2.75) is 25.3 Å². The Balaban J connectivity index is 2.44. The summed E-state index contributed by atoms with van der Waals surface area (Å²) in [5, 5.41) is 2.80. The van der Waals surface area contributed by atoms with Gasteiger partial charge in [-0.15, -0.1) is 0 Å². The number of rotatable bonds is 6. The van der Waals surface area contributed by atoms with Crippen LogP contribution >= 0.6 is 0 Å². The molecule has 1 rings (SSSR count). The average Bonchev–Trinajstić information content (AvgIpc) is 2.36. The van der Waals surface area contributed by atoms with E-state index in [1.54, 1.807) is 6.92 Å². The highest BCUT2D eigenvalue weighted by Gasteiger charge is 2.30. The molecule has 1 atom stereocenters. The van der Waals surface area contributed by atoms with Crippen LogP contribution in [0.1, 0.15) is 24.1 Å². The van der Waals surface area contributed by atoms with Crippen molar-refractivity contribution in [1.29, 1.82) is 0 Å². The van der Waals surface area contributed by atoms with Crippen LogP contribution in [0.2, 0.25) is 0 Å². The standard InChI is InChI=1S/C13H15F6NO/c1-9(20-5-6-21-8-12(14,15)16)10-3-2-4-11(7-10)13(17,18)19/h2-4,7,9,20H,5-6,8H2,1H3. The largest absolute Gasteiger partial charge is 0.416 e. The summed E-state index contributed by atoms with van der Waals surface area (Å²) in [5.74, 6) is 0. The van der Waals surface area contributed by atoms with Crippen molar-refractivity contribution in [2.24, 2.45) is 0 Å². The highest BCUT2D eigenvalue weighted by molar-refractivity contribution is 5.27. The van der Waals surface area contributed by atoms with Crippen LogP contribution in [-0.4, -0.2) is 25.9 Å². The average molecular weight is 315 g/mol. The van der Waals surface area contributed by atoms with Crippen LogP contribution in [0.5, 0.6) is 0 Å². The lowest BCUT2D eigenvalue weighted by molar-refractivity contribution is -0.173. The van der Waals surface area contributed by atoms with E-state index in [0.29, 0.717) is 5.56 Å². The number of benzene rings is 1. The van der Waals surface area contributed by atoms with E-state index in [1.165, 1.54) is 12.1 Å². The van der Waals surface area contributed by atoms with Crippen LogP contribution in [-0.2, 0) is 10.9 Å². The molecule has 120 valence electrons. The highest BCUT2D eigenvalue weighted by atomic mass is 19.4. The minimum absolute atomic E-state index is 0.105. The number of halogens is 6. The number of alkyl halides is 6. The number of nitrogens with one attached hydrogen (secondary N) is 1. The van der Waals surface area contributed by atoms with Crippen molar-refractivity contribution in [2.75, 3.05) is 19.8 Å². The van der Waals surface area contributed by atoms with E-state index in [2.05, 4.69) is 10.1 Å². The third-order valence-corrected chi connectivity index (χ3v) is 2.68. The van der Waals surface area contributed by atoms with Gasteiger partial charge in [-0.25, -0.2) is 0 Å². The lowest BCUT2D eigenvalue weighted by atomic mass is 10.0. The van der Waals surface area contributed by atoms with Gasteiger partial charge in [-0.2, -0.15) is 26.3 Å². The minimum Gasteiger partial charge on any atom is -0.371 e. The molecule has 1 unspecified atom stereocenters.